The van der Waals surface area contributed by atoms with Crippen molar-refractivity contribution in [1.82, 2.24) is 5.32 Å². The van der Waals surface area contributed by atoms with Gasteiger partial charge in [-0.25, -0.2) is 0 Å². The summed E-state index contributed by atoms with van der Waals surface area (Å²) >= 11 is 0. The normalized spacial score (nSPS) is 13.8. The molecule has 18 heavy (non-hydrogen) atoms. The first-order valence-electron chi connectivity index (χ1n) is 8.19. The Bertz CT molecular complexity index is 174. The van der Waals surface area contributed by atoms with Crippen LogP contribution in [0.4, 0.5) is 0 Å². The summed E-state index contributed by atoms with van der Waals surface area (Å²) in [4.78, 5) is 0. The van der Waals surface area contributed by atoms with Gasteiger partial charge < -0.3 is 5.32 Å². The lowest BCUT2D eigenvalue weighted by atomic mass is 9.81. The third-order valence-electron chi connectivity index (χ3n) is 4.06. The van der Waals surface area contributed by atoms with E-state index in [0.717, 1.165) is 0 Å². The molecule has 0 aromatic heterocycles. The first kappa shape index (κ1) is 18.0. The summed E-state index contributed by atoms with van der Waals surface area (Å²) in [5.74, 6) is 0. The first-order chi connectivity index (χ1) is 8.52. The highest BCUT2D eigenvalue weighted by atomic mass is 14.9. The molecule has 0 aliphatic heterocycles. The minimum Gasteiger partial charge on any atom is -0.317 e. The Morgan fingerprint density at radius 1 is 0.889 bits per heavy atom. The Balaban J connectivity index is 3.41. The predicted octanol–water partition coefficient (Wildman–Crippen LogP) is 5.54. The van der Waals surface area contributed by atoms with Gasteiger partial charge in [-0.3, -0.25) is 0 Å². The summed E-state index contributed by atoms with van der Waals surface area (Å²) in [7, 11) is 2.07. The summed E-state index contributed by atoms with van der Waals surface area (Å²) in [5, 5.41) is 3.35. The second-order valence-electron chi connectivity index (χ2n) is 6.78. The van der Waals surface area contributed by atoms with Crippen molar-refractivity contribution in [2.75, 3.05) is 7.05 Å². The Kier molecular flexibility index (Phi) is 10.8. The highest BCUT2D eigenvalue weighted by Crippen LogP contribution is 2.29. The van der Waals surface area contributed by atoms with E-state index in [1.54, 1.807) is 0 Å². The minimum atomic E-state index is 0.505. The Morgan fingerprint density at radius 3 is 1.89 bits per heavy atom. The number of nitrogens with one attached hydrogen (secondary N) is 1. The zero-order valence-corrected chi connectivity index (χ0v) is 13.6. The molecule has 0 aliphatic rings. The zero-order valence-electron chi connectivity index (χ0n) is 13.6. The zero-order chi connectivity index (χ0) is 13.9. The molecule has 1 nitrogen and oxygen atoms in total. The molecule has 0 saturated heterocycles. The molecule has 0 radical (unpaired) electrons. The van der Waals surface area contributed by atoms with Gasteiger partial charge in [-0.15, -0.1) is 0 Å². The second kappa shape index (κ2) is 10.8. The van der Waals surface area contributed by atoms with Gasteiger partial charge in [-0.2, -0.15) is 0 Å². The maximum atomic E-state index is 3.35. The first-order valence-corrected chi connectivity index (χ1v) is 8.19. The third-order valence-corrected chi connectivity index (χ3v) is 4.06. The van der Waals surface area contributed by atoms with Crippen LogP contribution in [0.2, 0.25) is 0 Å². The van der Waals surface area contributed by atoms with Gasteiger partial charge in [-0.05, 0) is 32.2 Å². The van der Waals surface area contributed by atoms with Gasteiger partial charge in [0.1, 0.15) is 0 Å². The third kappa shape index (κ3) is 11.1. The van der Waals surface area contributed by atoms with Gasteiger partial charge >= 0.3 is 0 Å². The van der Waals surface area contributed by atoms with E-state index in [4.69, 9.17) is 0 Å². The van der Waals surface area contributed by atoms with Crippen molar-refractivity contribution in [3.05, 3.63) is 0 Å². The molecule has 1 unspecified atom stereocenters. The monoisotopic (exact) mass is 255 g/mol. The van der Waals surface area contributed by atoms with E-state index in [1.807, 2.05) is 0 Å². The van der Waals surface area contributed by atoms with Gasteiger partial charge in [0.2, 0.25) is 0 Å². The topological polar surface area (TPSA) is 12.0 Å². The molecular formula is C17H37N. The van der Waals surface area contributed by atoms with Crippen LogP contribution < -0.4 is 5.32 Å². The van der Waals surface area contributed by atoms with Crippen molar-refractivity contribution >= 4 is 0 Å². The highest BCUT2D eigenvalue weighted by molar-refractivity contribution is 4.74. The molecule has 0 spiro atoms. The fraction of sp³-hybridized carbons (Fsp3) is 1.00. The lowest BCUT2D eigenvalue weighted by Crippen LogP contribution is -2.28. The van der Waals surface area contributed by atoms with E-state index in [9.17, 15) is 0 Å². The fourth-order valence-electron chi connectivity index (χ4n) is 2.77. The average molecular weight is 255 g/mol. The van der Waals surface area contributed by atoms with Crippen molar-refractivity contribution in [1.29, 1.82) is 0 Å². The minimum absolute atomic E-state index is 0.505. The van der Waals surface area contributed by atoms with Gasteiger partial charge in [0, 0.05) is 6.04 Å². The van der Waals surface area contributed by atoms with Crippen LogP contribution in [0.5, 0.6) is 0 Å². The van der Waals surface area contributed by atoms with Crippen molar-refractivity contribution in [2.24, 2.45) is 5.41 Å². The number of rotatable bonds is 12. The number of hydrogen-bond acceptors (Lipinski definition) is 1. The van der Waals surface area contributed by atoms with E-state index >= 15 is 0 Å². The molecule has 1 N–H and O–H groups in total. The van der Waals surface area contributed by atoms with E-state index < -0.39 is 0 Å². The molecule has 0 bridgehead atoms. The summed E-state index contributed by atoms with van der Waals surface area (Å²) in [6.07, 6.45) is 14.1. The molecule has 0 aromatic rings. The molecule has 0 fully saturated rings. The second-order valence-corrected chi connectivity index (χ2v) is 6.78. The Morgan fingerprint density at radius 2 is 1.39 bits per heavy atom. The van der Waals surface area contributed by atoms with Crippen LogP contribution in [0.15, 0.2) is 0 Å². The summed E-state index contributed by atoms with van der Waals surface area (Å²) in [5.41, 5.74) is 0.505. The molecule has 1 atom stereocenters. The highest BCUT2D eigenvalue weighted by Gasteiger charge is 2.19. The summed E-state index contributed by atoms with van der Waals surface area (Å²) < 4.78 is 0. The summed E-state index contributed by atoms with van der Waals surface area (Å²) in [6.45, 7) is 9.41. The quantitative estimate of drug-likeness (QED) is 0.451. The van der Waals surface area contributed by atoms with Gasteiger partial charge in [0.25, 0.3) is 0 Å². The number of unbranched alkanes of at least 4 members (excludes halogenated alkanes) is 7. The molecule has 0 rings (SSSR count). The molecule has 0 heterocycles. The van der Waals surface area contributed by atoms with Crippen LogP contribution >= 0.6 is 0 Å². The lowest BCUT2D eigenvalue weighted by Gasteiger charge is -2.28. The van der Waals surface area contributed by atoms with E-state index in [2.05, 4.69) is 40.1 Å². The maximum Gasteiger partial charge on any atom is 0.00408 e. The average Bonchev–Trinajstić information content (AvgIpc) is 2.31. The SMILES string of the molecule is CCCCCCCCCCC(C)(C)CC(C)NC. The molecular weight excluding hydrogens is 218 g/mol. The summed E-state index contributed by atoms with van der Waals surface area (Å²) in [6, 6.07) is 0.647. The van der Waals surface area contributed by atoms with Crippen LogP contribution in [0.25, 0.3) is 0 Å². The van der Waals surface area contributed by atoms with Crippen molar-refractivity contribution < 1.29 is 0 Å². The van der Waals surface area contributed by atoms with Crippen LogP contribution in [-0.4, -0.2) is 13.1 Å². The molecule has 0 saturated carbocycles. The van der Waals surface area contributed by atoms with Crippen molar-refractivity contribution in [3.63, 3.8) is 0 Å². The van der Waals surface area contributed by atoms with Crippen molar-refractivity contribution in [2.45, 2.75) is 97.9 Å². The van der Waals surface area contributed by atoms with Gasteiger partial charge in [0.15, 0.2) is 0 Å². The van der Waals surface area contributed by atoms with Crippen LogP contribution in [0.3, 0.4) is 0 Å². The Labute approximate surface area is 116 Å². The molecule has 0 aromatic carbocycles. The molecule has 110 valence electrons. The molecule has 0 amide bonds. The molecule has 0 aliphatic carbocycles. The van der Waals surface area contributed by atoms with Crippen LogP contribution in [-0.2, 0) is 0 Å². The lowest BCUT2D eigenvalue weighted by molar-refractivity contribution is 0.263. The van der Waals surface area contributed by atoms with E-state index in [1.165, 1.54) is 64.2 Å². The van der Waals surface area contributed by atoms with Gasteiger partial charge in [0.05, 0.1) is 0 Å². The van der Waals surface area contributed by atoms with Crippen LogP contribution in [0.1, 0.15) is 91.9 Å². The smallest absolute Gasteiger partial charge is 0.00408 e. The standard InChI is InChI=1S/C17H37N/c1-6-7-8-9-10-11-12-13-14-17(3,4)15-16(2)18-5/h16,18H,6-15H2,1-5H3. The fourth-order valence-corrected chi connectivity index (χ4v) is 2.77. The van der Waals surface area contributed by atoms with E-state index in [0.29, 0.717) is 11.5 Å². The van der Waals surface area contributed by atoms with E-state index in [-0.39, 0.29) is 0 Å². The largest absolute Gasteiger partial charge is 0.317 e. The van der Waals surface area contributed by atoms with Crippen molar-refractivity contribution in [3.8, 4) is 0 Å². The predicted molar refractivity (Wildman–Crippen MR) is 84.1 cm³/mol. The maximum absolute atomic E-state index is 3.35. The number of hydrogen-bond donors (Lipinski definition) is 1. The van der Waals surface area contributed by atoms with Gasteiger partial charge in [-0.1, -0.05) is 72.1 Å². The Hall–Kier alpha value is -0.0400. The van der Waals surface area contributed by atoms with Crippen LogP contribution in [0, 0.1) is 5.41 Å². The molecule has 1 heteroatoms.